The van der Waals surface area contributed by atoms with E-state index in [-0.39, 0.29) is 11.8 Å². The largest absolute Gasteiger partial charge is 0.494 e. The van der Waals surface area contributed by atoms with Gasteiger partial charge >= 0.3 is 0 Å². The Labute approximate surface area is 401 Å². The molecule has 6 rings (SSSR count). The SMILES string of the molecule is CCCCC=CCOc1ccc(C(=O)Nc2cc(Cl)ccc2Sc2ccccc2C#N)cc1.CCCCCCOc1ccc(C(=O)Nc2cc(Cl)ccc2Sc2ccccc2C#N)cc1. The number of allylic oxidation sites excluding steroid dienone is 1. The lowest BCUT2D eigenvalue weighted by atomic mass is 10.2. The molecule has 0 aliphatic carbocycles. The number of nitriles is 2. The van der Waals surface area contributed by atoms with Crippen LogP contribution in [0, 0.1) is 22.7 Å². The van der Waals surface area contributed by atoms with Crippen molar-refractivity contribution in [1.29, 1.82) is 10.5 Å². The van der Waals surface area contributed by atoms with Crippen molar-refractivity contribution in [3.63, 3.8) is 0 Å². The van der Waals surface area contributed by atoms with Crippen molar-refractivity contribution in [2.75, 3.05) is 23.8 Å². The van der Waals surface area contributed by atoms with Gasteiger partial charge in [-0.1, -0.05) is 129 Å². The highest BCUT2D eigenvalue weighted by Crippen LogP contribution is 2.38. The summed E-state index contributed by atoms with van der Waals surface area (Å²) in [5, 5.41) is 25.6. The average Bonchev–Trinajstić information content (AvgIpc) is 3.32. The summed E-state index contributed by atoms with van der Waals surface area (Å²) in [7, 11) is 0. The molecule has 2 N–H and O–H groups in total. The molecule has 0 aliphatic rings. The zero-order valence-electron chi connectivity index (χ0n) is 36.3. The van der Waals surface area contributed by atoms with Crippen LogP contribution in [0.2, 0.25) is 10.0 Å². The van der Waals surface area contributed by atoms with Crippen LogP contribution in [-0.2, 0) is 0 Å². The van der Waals surface area contributed by atoms with Gasteiger partial charge in [0.1, 0.15) is 30.2 Å². The molecule has 0 aromatic heterocycles. The molecule has 0 heterocycles. The van der Waals surface area contributed by atoms with Crippen molar-refractivity contribution in [2.24, 2.45) is 0 Å². The van der Waals surface area contributed by atoms with E-state index in [2.05, 4.69) is 42.7 Å². The molecular formula is C53H50Cl2N4O4S2. The Morgan fingerprint density at radius 2 is 1.05 bits per heavy atom. The number of hydrogen-bond acceptors (Lipinski definition) is 8. The summed E-state index contributed by atoms with van der Waals surface area (Å²) in [5.74, 6) is 0.972. The first-order valence-electron chi connectivity index (χ1n) is 21.4. The summed E-state index contributed by atoms with van der Waals surface area (Å²) in [6.45, 7) is 5.53. The van der Waals surface area contributed by atoms with E-state index in [1.807, 2.05) is 66.7 Å². The van der Waals surface area contributed by atoms with E-state index in [9.17, 15) is 20.1 Å². The Kier molecular flexibility index (Phi) is 20.9. The summed E-state index contributed by atoms with van der Waals surface area (Å²) in [4.78, 5) is 28.9. The molecule has 0 radical (unpaired) electrons. The minimum atomic E-state index is -0.251. The fraction of sp³-hybridized carbons (Fsp3) is 0.208. The third-order valence-corrected chi connectivity index (χ3v) is 12.3. The normalized spacial score (nSPS) is 10.6. The monoisotopic (exact) mass is 940 g/mol. The topological polar surface area (TPSA) is 124 Å². The highest BCUT2D eigenvalue weighted by molar-refractivity contribution is 7.99. The second kappa shape index (κ2) is 27.2. The maximum Gasteiger partial charge on any atom is 0.255 e. The molecule has 0 saturated carbocycles. The molecule has 0 unspecified atom stereocenters. The van der Waals surface area contributed by atoms with Crippen LogP contribution in [0.1, 0.15) is 90.6 Å². The third kappa shape index (κ3) is 16.4. The van der Waals surface area contributed by atoms with Crippen molar-refractivity contribution >= 4 is 69.9 Å². The van der Waals surface area contributed by atoms with E-state index in [4.69, 9.17) is 32.7 Å². The Bertz CT molecular complexity index is 2610. The second-order valence-corrected chi connectivity index (χ2v) is 17.5. The molecular weight excluding hydrogens is 892 g/mol. The van der Waals surface area contributed by atoms with Crippen molar-refractivity contribution < 1.29 is 19.1 Å². The number of nitrogens with one attached hydrogen (secondary N) is 2. The van der Waals surface area contributed by atoms with Crippen LogP contribution in [0.25, 0.3) is 0 Å². The molecule has 0 atom stereocenters. The molecule has 8 nitrogen and oxygen atoms in total. The van der Waals surface area contributed by atoms with Crippen molar-refractivity contribution in [1.82, 2.24) is 0 Å². The van der Waals surface area contributed by atoms with Gasteiger partial charge in [-0.05, 0) is 122 Å². The minimum Gasteiger partial charge on any atom is -0.494 e. The number of amides is 2. The van der Waals surface area contributed by atoms with E-state index in [0.717, 1.165) is 44.6 Å². The van der Waals surface area contributed by atoms with Crippen molar-refractivity contribution in [3.8, 4) is 23.6 Å². The smallest absolute Gasteiger partial charge is 0.255 e. The molecule has 6 aromatic carbocycles. The van der Waals surface area contributed by atoms with Gasteiger partial charge < -0.3 is 20.1 Å². The van der Waals surface area contributed by atoms with Crippen LogP contribution in [0.5, 0.6) is 11.5 Å². The van der Waals surface area contributed by atoms with E-state index < -0.39 is 0 Å². The first-order chi connectivity index (χ1) is 31.7. The summed E-state index contributed by atoms with van der Waals surface area (Å²) in [6, 6.07) is 43.9. The number of carbonyl (C=O) groups is 2. The molecule has 2 amide bonds. The molecule has 0 spiro atoms. The van der Waals surface area contributed by atoms with Gasteiger partial charge in [0.15, 0.2) is 0 Å². The minimum absolute atomic E-state index is 0.239. The van der Waals surface area contributed by atoms with Gasteiger partial charge in [-0.15, -0.1) is 0 Å². The van der Waals surface area contributed by atoms with Crippen LogP contribution in [0.3, 0.4) is 0 Å². The van der Waals surface area contributed by atoms with Gasteiger partial charge in [0.2, 0.25) is 0 Å². The van der Waals surface area contributed by atoms with Crippen LogP contribution in [-0.4, -0.2) is 25.0 Å². The standard InChI is InChI=1S/C27H25ClN2O2S.C26H25ClN2O2S/c1-2-3-4-5-8-17-32-23-14-11-20(12-15-23)27(31)30-24-18-22(28)13-16-26(24)33-25-10-7-6-9-21(25)19-29;1-2-3-4-7-16-31-22-13-10-19(11-14-22)26(30)29-23-17-21(27)12-15-25(23)32-24-9-6-5-8-20(24)18-28/h5-16,18H,2-4,17H2,1H3,(H,30,31);5-6,8-15,17H,2-4,7,16H2,1H3,(H,29,30). The lowest BCUT2D eigenvalue weighted by Gasteiger charge is -2.13. The van der Waals surface area contributed by atoms with E-state index >= 15 is 0 Å². The highest BCUT2D eigenvalue weighted by Gasteiger charge is 2.15. The van der Waals surface area contributed by atoms with E-state index in [1.165, 1.54) is 49.2 Å². The maximum atomic E-state index is 12.9. The summed E-state index contributed by atoms with van der Waals surface area (Å²) >= 11 is 15.2. The fourth-order valence-electron chi connectivity index (χ4n) is 6.08. The highest BCUT2D eigenvalue weighted by atomic mass is 35.5. The lowest BCUT2D eigenvalue weighted by Crippen LogP contribution is -2.12. The van der Waals surface area contributed by atoms with Crippen molar-refractivity contribution in [3.05, 3.63) is 178 Å². The van der Waals surface area contributed by atoms with Crippen LogP contribution in [0.4, 0.5) is 11.4 Å². The number of halogens is 2. The molecule has 6 aromatic rings. The predicted molar refractivity (Wildman–Crippen MR) is 266 cm³/mol. The zero-order chi connectivity index (χ0) is 46.2. The molecule has 65 heavy (non-hydrogen) atoms. The molecule has 12 heteroatoms. The molecule has 0 aliphatic heterocycles. The van der Waals surface area contributed by atoms with E-state index in [0.29, 0.717) is 62.6 Å². The Hall–Kier alpha value is -6.14. The summed E-state index contributed by atoms with van der Waals surface area (Å²) in [5.41, 5.74) is 3.37. The maximum absolute atomic E-state index is 12.9. The second-order valence-electron chi connectivity index (χ2n) is 14.5. The first kappa shape index (κ1) is 49.9. The first-order valence-corrected chi connectivity index (χ1v) is 23.8. The predicted octanol–water partition coefficient (Wildman–Crippen LogP) is 15.3. The average molecular weight is 942 g/mol. The summed E-state index contributed by atoms with van der Waals surface area (Å²) < 4.78 is 11.4. The van der Waals surface area contributed by atoms with Gasteiger partial charge in [0.25, 0.3) is 11.8 Å². The molecule has 0 fully saturated rings. The molecule has 0 saturated heterocycles. The van der Waals surface area contributed by atoms with Gasteiger partial charge in [0, 0.05) is 40.8 Å². The van der Waals surface area contributed by atoms with Gasteiger partial charge in [0.05, 0.1) is 29.1 Å². The van der Waals surface area contributed by atoms with Gasteiger partial charge in [-0.2, -0.15) is 10.5 Å². The molecule has 332 valence electrons. The third-order valence-electron chi connectivity index (χ3n) is 9.57. The Morgan fingerprint density at radius 1 is 0.569 bits per heavy atom. The Morgan fingerprint density at radius 3 is 1.52 bits per heavy atom. The number of anilines is 2. The van der Waals surface area contributed by atoms with Crippen LogP contribution < -0.4 is 20.1 Å². The van der Waals surface area contributed by atoms with Crippen LogP contribution in [0.15, 0.2) is 165 Å². The number of rotatable bonds is 20. The number of nitrogens with zero attached hydrogens (tertiary/aromatic N) is 2. The summed E-state index contributed by atoms with van der Waals surface area (Å²) in [6.07, 6.45) is 12.2. The number of ether oxygens (including phenoxy) is 2. The van der Waals surface area contributed by atoms with Gasteiger partial charge in [-0.25, -0.2) is 0 Å². The number of unbranched alkanes of at least 4 members (excludes halogenated alkanes) is 5. The fourth-order valence-corrected chi connectivity index (χ4v) is 8.35. The molecule has 0 bridgehead atoms. The van der Waals surface area contributed by atoms with Crippen LogP contribution >= 0.6 is 46.7 Å². The lowest BCUT2D eigenvalue weighted by molar-refractivity contribution is 0.101. The quantitative estimate of drug-likeness (QED) is 0.0573. The number of benzene rings is 6. The van der Waals surface area contributed by atoms with Gasteiger partial charge in [-0.3, -0.25) is 9.59 Å². The van der Waals surface area contributed by atoms with Crippen molar-refractivity contribution in [2.45, 2.75) is 78.4 Å². The number of carbonyl (C=O) groups excluding carboxylic acids is 2. The Balaban J connectivity index is 0.000000244. The number of hydrogen-bond donors (Lipinski definition) is 2. The zero-order valence-corrected chi connectivity index (χ0v) is 39.5. The van der Waals surface area contributed by atoms with E-state index in [1.54, 1.807) is 72.8 Å².